The Morgan fingerprint density at radius 3 is 2.54 bits per heavy atom. The van der Waals surface area contributed by atoms with Crippen LogP contribution in [0.25, 0.3) is 0 Å². The summed E-state index contributed by atoms with van der Waals surface area (Å²) in [5.41, 5.74) is 1.78. The number of hydrogen-bond acceptors (Lipinski definition) is 4. The highest BCUT2D eigenvalue weighted by atomic mass is 32.2. The number of nitrogens with zero attached hydrogens (tertiary/aromatic N) is 1. The Labute approximate surface area is 145 Å². The molecule has 0 atom stereocenters. The van der Waals surface area contributed by atoms with Crippen molar-refractivity contribution in [3.63, 3.8) is 0 Å². The molecule has 0 saturated heterocycles. The van der Waals surface area contributed by atoms with Gasteiger partial charge in [0.1, 0.15) is 0 Å². The molecule has 1 aromatic rings. The summed E-state index contributed by atoms with van der Waals surface area (Å²) in [5.74, 6) is 0.742. The van der Waals surface area contributed by atoms with Gasteiger partial charge in [-0.05, 0) is 43.4 Å². The van der Waals surface area contributed by atoms with Crippen LogP contribution in [-0.4, -0.2) is 47.9 Å². The highest BCUT2D eigenvalue weighted by molar-refractivity contribution is 7.90. The topological polar surface area (TPSA) is 79.8 Å². The molecule has 136 valence electrons. The number of hydrogen-bond donors (Lipinski definition) is 2. The molecule has 0 aromatic heterocycles. The molecule has 0 radical (unpaired) electrons. The van der Waals surface area contributed by atoms with Gasteiger partial charge in [0, 0.05) is 40.1 Å². The molecule has 1 rings (SSSR count). The number of sulfone groups is 1. The third kappa shape index (κ3) is 7.31. The summed E-state index contributed by atoms with van der Waals surface area (Å²) in [6.07, 6.45) is 4.47. The van der Waals surface area contributed by atoms with Gasteiger partial charge in [0.2, 0.25) is 0 Å². The Kier molecular flexibility index (Phi) is 8.78. The molecule has 6 nitrogen and oxygen atoms in total. The van der Waals surface area contributed by atoms with Crippen molar-refractivity contribution in [3.05, 3.63) is 29.3 Å². The number of nitrogens with one attached hydrogen (secondary N) is 2. The van der Waals surface area contributed by atoms with E-state index >= 15 is 0 Å². The van der Waals surface area contributed by atoms with Crippen molar-refractivity contribution < 1.29 is 13.2 Å². The van der Waals surface area contributed by atoms with E-state index in [9.17, 15) is 8.42 Å². The molecule has 7 heteroatoms. The Balaban J connectivity index is 2.45. The standard InChI is InChI=1S/C17H29N3O3S/c1-14-12-15(8-9-16(14)24(4,21)22)13-20-17(18-2)19-10-6-5-7-11-23-3/h8-9,12H,5-7,10-11,13H2,1-4H3,(H2,18,19,20). The van der Waals surface area contributed by atoms with Crippen LogP contribution in [0, 0.1) is 6.92 Å². The second kappa shape index (κ2) is 10.3. The van der Waals surface area contributed by atoms with Crippen LogP contribution < -0.4 is 10.6 Å². The molecule has 0 spiro atoms. The number of benzene rings is 1. The monoisotopic (exact) mass is 355 g/mol. The fourth-order valence-corrected chi connectivity index (χ4v) is 3.36. The molecule has 1 aromatic carbocycles. The van der Waals surface area contributed by atoms with Gasteiger partial charge in [-0.15, -0.1) is 0 Å². The molecule has 0 unspecified atom stereocenters. The minimum atomic E-state index is -3.17. The molecule has 24 heavy (non-hydrogen) atoms. The van der Waals surface area contributed by atoms with E-state index in [-0.39, 0.29) is 0 Å². The molecular formula is C17H29N3O3S. The highest BCUT2D eigenvalue weighted by Gasteiger charge is 2.10. The van der Waals surface area contributed by atoms with Crippen molar-refractivity contribution >= 4 is 15.8 Å². The molecular weight excluding hydrogens is 326 g/mol. The van der Waals surface area contributed by atoms with E-state index in [2.05, 4.69) is 15.6 Å². The summed E-state index contributed by atoms with van der Waals surface area (Å²) in [5, 5.41) is 6.51. The lowest BCUT2D eigenvalue weighted by molar-refractivity contribution is 0.192. The summed E-state index contributed by atoms with van der Waals surface area (Å²) in [6.45, 7) is 4.06. The van der Waals surface area contributed by atoms with E-state index in [1.807, 2.05) is 19.1 Å². The average Bonchev–Trinajstić information content (AvgIpc) is 2.52. The van der Waals surface area contributed by atoms with E-state index in [1.165, 1.54) is 6.26 Å². The maximum Gasteiger partial charge on any atom is 0.191 e. The molecule has 0 aliphatic heterocycles. The molecule has 0 fully saturated rings. The largest absolute Gasteiger partial charge is 0.385 e. The van der Waals surface area contributed by atoms with Gasteiger partial charge in [0.25, 0.3) is 0 Å². The zero-order valence-electron chi connectivity index (χ0n) is 15.1. The Morgan fingerprint density at radius 2 is 1.96 bits per heavy atom. The summed E-state index contributed by atoms with van der Waals surface area (Å²) < 4.78 is 28.3. The summed E-state index contributed by atoms with van der Waals surface area (Å²) in [7, 11) is 0.278. The van der Waals surface area contributed by atoms with Crippen molar-refractivity contribution in [1.82, 2.24) is 10.6 Å². The third-order valence-electron chi connectivity index (χ3n) is 3.64. The van der Waals surface area contributed by atoms with E-state index in [1.54, 1.807) is 20.2 Å². The molecule has 0 aliphatic carbocycles. The van der Waals surface area contributed by atoms with Crippen molar-refractivity contribution in [3.8, 4) is 0 Å². The quantitative estimate of drug-likeness (QED) is 0.402. The van der Waals surface area contributed by atoms with Crippen molar-refractivity contribution in [2.45, 2.75) is 37.6 Å². The molecule has 0 saturated carbocycles. The predicted molar refractivity (Wildman–Crippen MR) is 98.2 cm³/mol. The second-order valence-corrected chi connectivity index (χ2v) is 7.76. The van der Waals surface area contributed by atoms with Gasteiger partial charge >= 0.3 is 0 Å². The van der Waals surface area contributed by atoms with E-state index in [0.717, 1.165) is 49.5 Å². The normalized spacial score (nSPS) is 12.2. The van der Waals surface area contributed by atoms with Crippen LogP contribution in [0.2, 0.25) is 0 Å². The van der Waals surface area contributed by atoms with Crippen molar-refractivity contribution in [1.29, 1.82) is 0 Å². The molecule has 2 N–H and O–H groups in total. The third-order valence-corrected chi connectivity index (χ3v) is 4.90. The van der Waals surface area contributed by atoms with Crippen molar-refractivity contribution in [2.24, 2.45) is 4.99 Å². The lowest BCUT2D eigenvalue weighted by Gasteiger charge is -2.13. The van der Waals surface area contributed by atoms with Crippen LogP contribution >= 0.6 is 0 Å². The maximum atomic E-state index is 11.6. The van der Waals surface area contributed by atoms with E-state index < -0.39 is 9.84 Å². The molecule has 0 bridgehead atoms. The van der Waals surface area contributed by atoms with E-state index in [0.29, 0.717) is 11.4 Å². The van der Waals surface area contributed by atoms with Crippen LogP contribution in [0.1, 0.15) is 30.4 Å². The summed E-state index contributed by atoms with van der Waals surface area (Å²) >= 11 is 0. The van der Waals surface area contributed by atoms with Gasteiger partial charge in [-0.1, -0.05) is 12.1 Å². The lowest BCUT2D eigenvalue weighted by Crippen LogP contribution is -2.37. The number of aliphatic imine (C=N–C) groups is 1. The Hall–Kier alpha value is -1.60. The minimum absolute atomic E-state index is 0.379. The molecule has 0 heterocycles. The lowest BCUT2D eigenvalue weighted by atomic mass is 10.1. The SMILES string of the molecule is CN=C(NCCCCCOC)NCc1ccc(S(C)(=O)=O)c(C)c1. The maximum absolute atomic E-state index is 11.6. The fraction of sp³-hybridized carbons (Fsp3) is 0.588. The van der Waals surface area contributed by atoms with Crippen LogP contribution in [0.4, 0.5) is 0 Å². The minimum Gasteiger partial charge on any atom is -0.385 e. The van der Waals surface area contributed by atoms with Crippen LogP contribution in [-0.2, 0) is 21.1 Å². The predicted octanol–water partition coefficient (Wildman–Crippen LogP) is 1.88. The van der Waals surface area contributed by atoms with Gasteiger partial charge in [-0.25, -0.2) is 8.42 Å². The smallest absolute Gasteiger partial charge is 0.191 e. The van der Waals surface area contributed by atoms with Gasteiger partial charge in [-0.3, -0.25) is 4.99 Å². The second-order valence-electron chi connectivity index (χ2n) is 5.78. The number of methoxy groups -OCH3 is 1. The van der Waals surface area contributed by atoms with Crippen molar-refractivity contribution in [2.75, 3.05) is 33.6 Å². The van der Waals surface area contributed by atoms with E-state index in [4.69, 9.17) is 4.74 Å². The zero-order chi connectivity index (χ0) is 18.0. The Bertz CT molecular complexity index is 642. The average molecular weight is 356 g/mol. The highest BCUT2D eigenvalue weighted by Crippen LogP contribution is 2.16. The molecule has 0 amide bonds. The number of aryl methyl sites for hydroxylation is 1. The summed E-state index contributed by atoms with van der Waals surface area (Å²) in [6, 6.07) is 5.38. The van der Waals surface area contributed by atoms with Gasteiger partial charge in [0.15, 0.2) is 15.8 Å². The number of ether oxygens (including phenoxy) is 1. The first-order valence-corrected chi connectivity index (χ1v) is 10.0. The van der Waals surface area contributed by atoms with Gasteiger partial charge in [-0.2, -0.15) is 0 Å². The molecule has 0 aliphatic rings. The summed E-state index contributed by atoms with van der Waals surface area (Å²) in [4.78, 5) is 4.57. The van der Waals surface area contributed by atoms with Gasteiger partial charge < -0.3 is 15.4 Å². The number of unbranched alkanes of at least 4 members (excludes halogenated alkanes) is 2. The zero-order valence-corrected chi connectivity index (χ0v) is 15.9. The first-order chi connectivity index (χ1) is 11.4. The van der Waals surface area contributed by atoms with Crippen LogP contribution in [0.5, 0.6) is 0 Å². The van der Waals surface area contributed by atoms with Crippen LogP contribution in [0.3, 0.4) is 0 Å². The first kappa shape index (κ1) is 20.4. The number of guanidine groups is 1. The first-order valence-electron chi connectivity index (χ1n) is 8.11. The number of rotatable bonds is 9. The fourth-order valence-electron chi connectivity index (χ4n) is 2.40. The van der Waals surface area contributed by atoms with Crippen LogP contribution in [0.15, 0.2) is 28.1 Å². The Morgan fingerprint density at radius 1 is 1.21 bits per heavy atom. The van der Waals surface area contributed by atoms with Gasteiger partial charge in [0.05, 0.1) is 4.90 Å².